The van der Waals surface area contributed by atoms with Crippen molar-refractivity contribution in [2.75, 3.05) is 13.2 Å². The Kier molecular flexibility index (Phi) is 5.05. The zero-order chi connectivity index (χ0) is 9.61. The molecule has 0 aromatic rings. The van der Waals surface area contributed by atoms with Crippen LogP contribution in [-0.4, -0.2) is 23.5 Å². The van der Waals surface area contributed by atoms with Crippen molar-refractivity contribution >= 4 is 10.2 Å². The van der Waals surface area contributed by atoms with Crippen LogP contribution in [0, 0.1) is 0 Å². The Labute approximate surface area is 78.4 Å². The summed E-state index contributed by atoms with van der Waals surface area (Å²) in [6.45, 7) is 9.71. The fraction of sp³-hybridized carbons (Fsp3) is 0.778. The van der Waals surface area contributed by atoms with Gasteiger partial charge in [0.25, 0.3) is 0 Å². The highest BCUT2D eigenvalue weighted by atomic mass is 28.1. The number of hydrogen-bond donors (Lipinski definition) is 0. The van der Waals surface area contributed by atoms with Gasteiger partial charge in [-0.25, -0.2) is 0 Å². The molecule has 0 saturated carbocycles. The summed E-state index contributed by atoms with van der Waals surface area (Å²) < 4.78 is 10.7. The minimum atomic E-state index is 0.172. The second kappa shape index (κ2) is 5.25. The topological polar surface area (TPSA) is 18.5 Å². The van der Waals surface area contributed by atoms with Gasteiger partial charge in [-0.2, -0.15) is 0 Å². The highest BCUT2D eigenvalue weighted by Crippen LogP contribution is 2.30. The van der Waals surface area contributed by atoms with Gasteiger partial charge in [-0.15, -0.1) is 0 Å². The smallest absolute Gasteiger partial charge is 0.132 e. The molecular formula is C9H20O2Si. The van der Waals surface area contributed by atoms with Crippen molar-refractivity contribution in [1.82, 2.24) is 0 Å². The molecule has 0 rings (SSSR count). The fourth-order valence-electron chi connectivity index (χ4n) is 0.742. The molecule has 0 atom stereocenters. The molecule has 0 aliphatic carbocycles. The standard InChI is InChI=1S/C9H20O2Si/c1-5-10-7-8(11-6-2)9(3,4)12/h7H,5-6H2,1-4,12H3. The fourth-order valence-corrected chi connectivity index (χ4v) is 1.00. The van der Waals surface area contributed by atoms with Crippen LogP contribution in [0.25, 0.3) is 0 Å². The molecule has 0 aromatic carbocycles. The van der Waals surface area contributed by atoms with Crippen LogP contribution >= 0.6 is 0 Å². The first-order valence-corrected chi connectivity index (χ1v) is 5.47. The normalized spacial score (nSPS) is 13.2. The third-order valence-electron chi connectivity index (χ3n) is 1.40. The third-order valence-corrected chi connectivity index (χ3v) is 1.89. The molecule has 0 aliphatic heterocycles. The van der Waals surface area contributed by atoms with Crippen molar-refractivity contribution < 1.29 is 9.47 Å². The van der Waals surface area contributed by atoms with Crippen molar-refractivity contribution in [2.45, 2.75) is 32.7 Å². The molecule has 0 amide bonds. The number of ether oxygens (including phenoxy) is 2. The first-order valence-electron chi connectivity index (χ1n) is 4.47. The summed E-state index contributed by atoms with van der Waals surface area (Å²) in [4.78, 5) is 0. The molecule has 0 aliphatic rings. The zero-order valence-corrected chi connectivity index (χ0v) is 10.8. The lowest BCUT2D eigenvalue weighted by Gasteiger charge is -2.22. The SMILES string of the molecule is CCOC=C(OCC)C(C)(C)[SiH3]. The minimum Gasteiger partial charge on any atom is -0.498 e. The van der Waals surface area contributed by atoms with E-state index in [0.717, 1.165) is 16.0 Å². The second-order valence-electron chi connectivity index (χ2n) is 3.62. The molecule has 0 radical (unpaired) electrons. The molecule has 12 heavy (non-hydrogen) atoms. The maximum absolute atomic E-state index is 5.48. The molecular weight excluding hydrogens is 168 g/mol. The van der Waals surface area contributed by atoms with E-state index in [1.54, 1.807) is 6.26 Å². The van der Waals surface area contributed by atoms with Crippen LogP contribution in [-0.2, 0) is 9.47 Å². The quantitative estimate of drug-likeness (QED) is 0.480. The predicted octanol–water partition coefficient (Wildman–Crippen LogP) is 1.46. The maximum atomic E-state index is 5.48. The van der Waals surface area contributed by atoms with Gasteiger partial charge in [0.05, 0.1) is 13.2 Å². The van der Waals surface area contributed by atoms with E-state index in [9.17, 15) is 0 Å². The van der Waals surface area contributed by atoms with Crippen LogP contribution in [0.3, 0.4) is 0 Å². The first kappa shape index (κ1) is 11.6. The maximum Gasteiger partial charge on any atom is 0.132 e. The van der Waals surface area contributed by atoms with E-state index >= 15 is 0 Å². The van der Waals surface area contributed by atoms with E-state index in [0.29, 0.717) is 13.2 Å². The average molecular weight is 188 g/mol. The van der Waals surface area contributed by atoms with E-state index in [2.05, 4.69) is 13.8 Å². The summed E-state index contributed by atoms with van der Waals surface area (Å²) >= 11 is 0. The third kappa shape index (κ3) is 4.44. The lowest BCUT2D eigenvalue weighted by Crippen LogP contribution is -2.10. The van der Waals surface area contributed by atoms with Gasteiger partial charge in [-0.1, -0.05) is 13.8 Å². The molecule has 0 saturated heterocycles. The molecule has 0 spiro atoms. The second-order valence-corrected chi connectivity index (χ2v) is 6.12. The molecule has 0 unspecified atom stereocenters. The summed E-state index contributed by atoms with van der Waals surface area (Å²) in [5, 5.41) is 0.172. The molecule has 0 bridgehead atoms. The molecule has 0 heterocycles. The highest BCUT2D eigenvalue weighted by molar-refractivity contribution is 6.16. The molecule has 0 N–H and O–H groups in total. The molecule has 0 fully saturated rings. The first-order chi connectivity index (χ1) is 5.52. The molecule has 2 nitrogen and oxygen atoms in total. The van der Waals surface area contributed by atoms with Crippen LogP contribution in [0.2, 0.25) is 5.04 Å². The predicted molar refractivity (Wildman–Crippen MR) is 55.3 cm³/mol. The van der Waals surface area contributed by atoms with Gasteiger partial charge < -0.3 is 9.47 Å². The van der Waals surface area contributed by atoms with E-state index in [1.807, 2.05) is 13.8 Å². The average Bonchev–Trinajstić information content (AvgIpc) is 1.95. The van der Waals surface area contributed by atoms with E-state index in [-0.39, 0.29) is 5.04 Å². The summed E-state index contributed by atoms with van der Waals surface area (Å²) in [5.41, 5.74) is 0. The lowest BCUT2D eigenvalue weighted by atomic mass is 10.2. The number of allylic oxidation sites excluding steroid dienone is 1. The monoisotopic (exact) mass is 188 g/mol. The van der Waals surface area contributed by atoms with E-state index < -0.39 is 0 Å². The Hall–Kier alpha value is -0.443. The van der Waals surface area contributed by atoms with Gasteiger partial charge in [0.1, 0.15) is 12.0 Å². The Morgan fingerprint density at radius 3 is 2.25 bits per heavy atom. The van der Waals surface area contributed by atoms with Gasteiger partial charge in [-0.3, -0.25) is 0 Å². The Morgan fingerprint density at radius 2 is 1.92 bits per heavy atom. The van der Waals surface area contributed by atoms with Crippen LogP contribution in [0.4, 0.5) is 0 Å². The van der Waals surface area contributed by atoms with Crippen molar-refractivity contribution in [2.24, 2.45) is 0 Å². The van der Waals surface area contributed by atoms with Gasteiger partial charge >= 0.3 is 0 Å². The van der Waals surface area contributed by atoms with Gasteiger partial charge in [-0.05, 0) is 13.8 Å². The zero-order valence-electron chi connectivity index (χ0n) is 8.81. The van der Waals surface area contributed by atoms with Gasteiger partial charge in [0.2, 0.25) is 0 Å². The van der Waals surface area contributed by atoms with Crippen molar-refractivity contribution in [3.05, 3.63) is 12.0 Å². The number of rotatable bonds is 5. The highest BCUT2D eigenvalue weighted by Gasteiger charge is 2.18. The molecule has 72 valence electrons. The van der Waals surface area contributed by atoms with E-state index in [1.165, 1.54) is 0 Å². The Bertz CT molecular complexity index is 147. The molecule has 0 aromatic heterocycles. The number of hydrogen-bond acceptors (Lipinski definition) is 2. The van der Waals surface area contributed by atoms with E-state index in [4.69, 9.17) is 9.47 Å². The largest absolute Gasteiger partial charge is 0.498 e. The minimum absolute atomic E-state index is 0.172. The van der Waals surface area contributed by atoms with Crippen molar-refractivity contribution in [3.8, 4) is 0 Å². The lowest BCUT2D eigenvalue weighted by molar-refractivity contribution is 0.171. The van der Waals surface area contributed by atoms with Crippen molar-refractivity contribution in [3.63, 3.8) is 0 Å². The summed E-state index contributed by atoms with van der Waals surface area (Å²) in [6, 6.07) is 0. The van der Waals surface area contributed by atoms with Crippen LogP contribution < -0.4 is 0 Å². The van der Waals surface area contributed by atoms with Crippen LogP contribution in [0.15, 0.2) is 12.0 Å². The summed E-state index contributed by atoms with van der Waals surface area (Å²) in [6.07, 6.45) is 1.75. The molecule has 3 heteroatoms. The van der Waals surface area contributed by atoms with Crippen LogP contribution in [0.1, 0.15) is 27.7 Å². The van der Waals surface area contributed by atoms with Crippen molar-refractivity contribution in [1.29, 1.82) is 0 Å². The van der Waals surface area contributed by atoms with Gasteiger partial charge in [0, 0.05) is 15.3 Å². The summed E-state index contributed by atoms with van der Waals surface area (Å²) in [5.74, 6) is 0.971. The van der Waals surface area contributed by atoms with Crippen LogP contribution in [0.5, 0.6) is 0 Å². The Morgan fingerprint density at radius 1 is 1.33 bits per heavy atom. The Balaban J connectivity index is 4.22. The summed E-state index contributed by atoms with van der Waals surface area (Å²) in [7, 11) is 1.07. The van der Waals surface area contributed by atoms with Gasteiger partial charge in [0.15, 0.2) is 0 Å².